The Morgan fingerprint density at radius 2 is 1.97 bits per heavy atom. The summed E-state index contributed by atoms with van der Waals surface area (Å²) in [4.78, 5) is 23.9. The zero-order chi connectivity index (χ0) is 23.9. The van der Waals surface area contributed by atoms with Gasteiger partial charge >= 0.3 is 0 Å². The third-order valence-corrected chi connectivity index (χ3v) is 7.05. The first-order valence-corrected chi connectivity index (χ1v) is 12.5. The molecule has 1 aliphatic carbocycles. The maximum atomic E-state index is 11.7. The minimum Gasteiger partial charge on any atom is -0.390 e. The Hall–Kier alpha value is -1.56. The number of aliphatic hydroxyl groups is 1. The second kappa shape index (κ2) is 16.1. The predicted molar refractivity (Wildman–Crippen MR) is 124 cm³/mol. The molecule has 1 rings (SSSR count). The average Bonchev–Trinajstić information content (AvgIpc) is 3.11. The molecule has 32 heavy (non-hydrogen) atoms. The van der Waals surface area contributed by atoms with E-state index in [2.05, 4.69) is 29.9 Å². The number of amides is 2. The van der Waals surface area contributed by atoms with Crippen LogP contribution in [0.25, 0.3) is 0 Å². The van der Waals surface area contributed by atoms with Gasteiger partial charge in [-0.15, -0.1) is 0 Å². The summed E-state index contributed by atoms with van der Waals surface area (Å²) >= 11 is 0. The number of hydrogen-bond donors (Lipinski definition) is 2. The van der Waals surface area contributed by atoms with Crippen molar-refractivity contribution in [2.75, 3.05) is 33.3 Å². The quantitative estimate of drug-likeness (QED) is 0.153. The van der Waals surface area contributed by atoms with Crippen LogP contribution in [0, 0.1) is 17.2 Å². The van der Waals surface area contributed by atoms with Gasteiger partial charge in [-0.05, 0) is 44.9 Å². The molecule has 0 saturated heterocycles. The van der Waals surface area contributed by atoms with Gasteiger partial charge in [0.2, 0.25) is 6.41 Å². The number of hydrogen-bond acceptors (Lipinski definition) is 8. The molecular weight excluding hydrogens is 431 g/mol. The van der Waals surface area contributed by atoms with E-state index < -0.39 is 20.5 Å². The Bertz CT molecular complexity index is 636. The fourth-order valence-electron chi connectivity index (χ4n) is 3.70. The maximum Gasteiger partial charge on any atom is 0.259 e. The minimum absolute atomic E-state index is 0.0988. The van der Waals surface area contributed by atoms with Crippen LogP contribution in [0.1, 0.15) is 59.3 Å². The van der Waals surface area contributed by atoms with Crippen LogP contribution in [0.5, 0.6) is 0 Å². The van der Waals surface area contributed by atoms with Gasteiger partial charge in [-0.2, -0.15) is 5.26 Å². The summed E-state index contributed by atoms with van der Waals surface area (Å²) in [6, 6.07) is 2.10. The zero-order valence-corrected chi connectivity index (χ0v) is 20.7. The molecule has 0 aromatic carbocycles. The monoisotopic (exact) mass is 470 g/mol. The smallest absolute Gasteiger partial charge is 0.259 e. The maximum absolute atomic E-state index is 11.7. The Morgan fingerprint density at radius 3 is 2.56 bits per heavy atom. The lowest BCUT2D eigenvalue weighted by atomic mass is 10.0. The number of carbonyl (C=O) groups excluding carboxylic acids is 2. The van der Waals surface area contributed by atoms with Gasteiger partial charge < -0.3 is 19.1 Å². The van der Waals surface area contributed by atoms with Gasteiger partial charge in [-0.3, -0.25) is 14.9 Å². The van der Waals surface area contributed by atoms with Crippen LogP contribution in [0.3, 0.4) is 0 Å². The fraction of sp³-hybridized carbons (Fsp3) is 0.773. The van der Waals surface area contributed by atoms with E-state index in [0.29, 0.717) is 31.6 Å². The van der Waals surface area contributed by atoms with E-state index >= 15 is 0 Å². The topological polar surface area (TPSA) is 115 Å². The van der Waals surface area contributed by atoms with E-state index in [0.717, 1.165) is 45.2 Å². The van der Waals surface area contributed by atoms with Crippen LogP contribution in [-0.2, 0) is 18.6 Å². The average molecular weight is 471 g/mol. The van der Waals surface area contributed by atoms with Gasteiger partial charge in [-0.25, -0.2) is 4.67 Å². The second-order valence-corrected chi connectivity index (χ2v) is 9.59. The Kier molecular flexibility index (Phi) is 14.3. The third kappa shape index (κ3) is 9.93. The molecule has 2 amide bonds. The molecular formula is C22H39N4O5P. The van der Waals surface area contributed by atoms with Crippen LogP contribution < -0.4 is 5.32 Å². The molecule has 0 aromatic heterocycles. The first kappa shape index (κ1) is 28.5. The molecule has 0 heterocycles. The molecule has 1 saturated carbocycles. The Morgan fingerprint density at radius 1 is 1.28 bits per heavy atom. The van der Waals surface area contributed by atoms with Crippen molar-refractivity contribution < 1.29 is 23.7 Å². The number of nitriles is 1. The molecule has 0 spiro atoms. The molecule has 2 N–H and O–H groups in total. The molecule has 0 aromatic rings. The molecule has 10 heteroatoms. The van der Waals surface area contributed by atoms with E-state index in [1.54, 1.807) is 13.1 Å². The molecule has 1 aliphatic rings. The molecule has 0 bridgehead atoms. The first-order chi connectivity index (χ1) is 15.4. The van der Waals surface area contributed by atoms with Gasteiger partial charge in [0.05, 0.1) is 31.3 Å². The first-order valence-electron chi connectivity index (χ1n) is 11.4. The van der Waals surface area contributed by atoms with Crippen LogP contribution in [0.4, 0.5) is 0 Å². The highest BCUT2D eigenvalue weighted by atomic mass is 31.2. The largest absolute Gasteiger partial charge is 0.390 e. The molecule has 182 valence electrons. The van der Waals surface area contributed by atoms with E-state index in [-0.39, 0.29) is 12.0 Å². The lowest BCUT2D eigenvalue weighted by Crippen LogP contribution is -2.31. The van der Waals surface area contributed by atoms with Crippen molar-refractivity contribution >= 4 is 20.8 Å². The van der Waals surface area contributed by atoms with Crippen LogP contribution in [0.15, 0.2) is 11.8 Å². The lowest BCUT2D eigenvalue weighted by Gasteiger charge is -2.32. The van der Waals surface area contributed by atoms with Gasteiger partial charge in [0.25, 0.3) is 14.4 Å². The second-order valence-electron chi connectivity index (χ2n) is 8.08. The van der Waals surface area contributed by atoms with Crippen LogP contribution >= 0.6 is 8.53 Å². The summed E-state index contributed by atoms with van der Waals surface area (Å²) in [7, 11) is 0.544. The summed E-state index contributed by atoms with van der Waals surface area (Å²) < 4.78 is 14.4. The highest BCUT2D eigenvalue weighted by Gasteiger charge is 2.38. The number of nitrogens with one attached hydrogen (secondary N) is 1. The van der Waals surface area contributed by atoms with Crippen molar-refractivity contribution in [3.8, 4) is 6.07 Å². The Labute approximate surface area is 193 Å². The number of rotatable bonds is 16. The molecule has 9 nitrogen and oxygen atoms in total. The molecule has 0 aliphatic heterocycles. The minimum atomic E-state index is -1.32. The summed E-state index contributed by atoms with van der Waals surface area (Å²) in [5, 5.41) is 21.8. The van der Waals surface area contributed by atoms with Crippen molar-refractivity contribution in [3.05, 3.63) is 11.8 Å². The number of aliphatic hydroxyl groups excluding tert-OH is 1. The summed E-state index contributed by atoms with van der Waals surface area (Å²) in [6.07, 6.45) is 5.85. The molecule has 2 unspecified atom stereocenters. The van der Waals surface area contributed by atoms with Crippen molar-refractivity contribution in [2.24, 2.45) is 5.92 Å². The van der Waals surface area contributed by atoms with E-state index in [4.69, 9.17) is 14.3 Å². The molecule has 0 radical (unpaired) electrons. The van der Waals surface area contributed by atoms with Crippen molar-refractivity contribution in [1.29, 1.82) is 5.26 Å². The molecule has 4 atom stereocenters. The summed E-state index contributed by atoms with van der Waals surface area (Å²) in [5.74, 6) is -0.323. The number of carbonyl (C=O) groups is 2. The van der Waals surface area contributed by atoms with Crippen LogP contribution in [-0.4, -0.2) is 72.5 Å². The highest BCUT2D eigenvalue weighted by Crippen LogP contribution is 2.47. The summed E-state index contributed by atoms with van der Waals surface area (Å²) in [5.41, 5.74) is 0.444. The fourth-order valence-corrected chi connectivity index (χ4v) is 5.49. The standard InChI is InChI=1S/C22H39N4O5P/c1-5-12-26(13-6-2)32(30-15-7-11-23)31-20-9-8-19(21(20)28)10-14-25(4)16-18(3)22(29)24-17-27/h16-17,19-21,28H,5-10,12-15H2,1-4H3,(H,24,27,29)/b18-16-/t19-,20?,21+,32?/m1/s1. The number of imide groups is 1. The van der Waals surface area contributed by atoms with Gasteiger partial charge in [0.15, 0.2) is 0 Å². The predicted octanol–water partition coefficient (Wildman–Crippen LogP) is 2.92. The van der Waals surface area contributed by atoms with Crippen molar-refractivity contribution in [3.63, 3.8) is 0 Å². The zero-order valence-electron chi connectivity index (χ0n) is 19.8. The summed E-state index contributed by atoms with van der Waals surface area (Å²) in [6.45, 7) is 8.58. The van der Waals surface area contributed by atoms with Gasteiger partial charge in [0, 0.05) is 38.5 Å². The van der Waals surface area contributed by atoms with E-state index in [1.165, 1.54) is 0 Å². The van der Waals surface area contributed by atoms with E-state index in [1.807, 2.05) is 11.9 Å². The highest BCUT2D eigenvalue weighted by molar-refractivity contribution is 7.44. The molecule has 1 fully saturated rings. The Balaban J connectivity index is 2.65. The van der Waals surface area contributed by atoms with Crippen LogP contribution in [0.2, 0.25) is 0 Å². The third-order valence-electron chi connectivity index (χ3n) is 5.34. The number of nitrogens with zero attached hydrogens (tertiary/aromatic N) is 3. The van der Waals surface area contributed by atoms with E-state index in [9.17, 15) is 14.7 Å². The van der Waals surface area contributed by atoms with Crippen molar-refractivity contribution in [2.45, 2.75) is 71.5 Å². The van der Waals surface area contributed by atoms with Gasteiger partial charge in [-0.1, -0.05) is 13.8 Å². The van der Waals surface area contributed by atoms with Gasteiger partial charge in [0.1, 0.15) is 0 Å². The lowest BCUT2D eigenvalue weighted by molar-refractivity contribution is -0.122. The van der Waals surface area contributed by atoms with Crippen molar-refractivity contribution in [1.82, 2.24) is 14.9 Å². The SMILES string of the molecule is CCCN(CCC)P(OCCC#N)OC1CC[C@H](CCN(C)/C=C(/C)C(=O)NC=O)[C@@H]1O. The normalized spacial score (nSPS) is 21.9.